The van der Waals surface area contributed by atoms with Gasteiger partial charge < -0.3 is 9.84 Å². The van der Waals surface area contributed by atoms with Crippen molar-refractivity contribution < 1.29 is 14.6 Å². The molecule has 0 aliphatic heterocycles. The Morgan fingerprint density at radius 3 is 2.83 bits per heavy atom. The Bertz CT molecular complexity index is 773. The molecule has 2 aromatic rings. The molecule has 0 bridgehead atoms. The fourth-order valence-corrected chi connectivity index (χ4v) is 2.91. The highest BCUT2D eigenvalue weighted by molar-refractivity contribution is 14.1. The van der Waals surface area contributed by atoms with E-state index in [0.717, 1.165) is 22.8 Å². The Labute approximate surface area is 154 Å². The second-order valence-corrected chi connectivity index (χ2v) is 6.81. The molecule has 0 spiro atoms. The van der Waals surface area contributed by atoms with Crippen LogP contribution in [0.4, 0.5) is 0 Å². The second-order valence-electron chi connectivity index (χ2n) is 5.57. The standard InChI is InChI=1S/C17H21IN2O4/c1-2-9-20-16(23)13-11-12(18)7-8-14(13)19-17(20)24-10-5-3-4-6-15(21)22/h7-8,11H,2-6,9-10H2,1H3,(H,21,22). The molecule has 1 N–H and O–H groups in total. The largest absolute Gasteiger partial charge is 0.481 e. The normalized spacial score (nSPS) is 10.9. The van der Waals surface area contributed by atoms with Crippen LogP contribution in [0.2, 0.25) is 0 Å². The van der Waals surface area contributed by atoms with Crippen molar-refractivity contribution in [2.75, 3.05) is 6.61 Å². The molecular formula is C17H21IN2O4. The Kier molecular flexibility index (Phi) is 7.01. The van der Waals surface area contributed by atoms with Crippen LogP contribution >= 0.6 is 22.6 Å². The lowest BCUT2D eigenvalue weighted by Crippen LogP contribution is -2.24. The number of benzene rings is 1. The van der Waals surface area contributed by atoms with Gasteiger partial charge in [-0.15, -0.1) is 0 Å². The molecule has 1 aromatic carbocycles. The quantitative estimate of drug-likeness (QED) is 0.474. The summed E-state index contributed by atoms with van der Waals surface area (Å²) < 4.78 is 8.29. The first kappa shape index (κ1) is 18.7. The number of carbonyl (C=O) groups is 1. The van der Waals surface area contributed by atoms with E-state index in [4.69, 9.17) is 9.84 Å². The molecule has 1 aromatic heterocycles. The maximum absolute atomic E-state index is 12.7. The molecule has 0 aliphatic rings. The SMILES string of the molecule is CCCn1c(OCCCCCC(=O)O)nc2ccc(I)cc2c1=O. The summed E-state index contributed by atoms with van der Waals surface area (Å²) in [7, 11) is 0. The molecule has 0 atom stereocenters. The maximum Gasteiger partial charge on any atom is 0.303 e. The molecular weight excluding hydrogens is 423 g/mol. The van der Waals surface area contributed by atoms with Gasteiger partial charge in [0.2, 0.25) is 0 Å². The van der Waals surface area contributed by atoms with E-state index in [-0.39, 0.29) is 12.0 Å². The Morgan fingerprint density at radius 1 is 1.33 bits per heavy atom. The number of carboxylic acid groups (broad SMARTS) is 1. The van der Waals surface area contributed by atoms with Crippen LogP contribution in [-0.2, 0) is 11.3 Å². The van der Waals surface area contributed by atoms with E-state index >= 15 is 0 Å². The number of carboxylic acids is 1. The Hall–Kier alpha value is -1.64. The summed E-state index contributed by atoms with van der Waals surface area (Å²) in [6.07, 6.45) is 3.12. The first-order valence-electron chi connectivity index (χ1n) is 8.07. The minimum Gasteiger partial charge on any atom is -0.481 e. The third kappa shape index (κ3) is 4.93. The first-order valence-corrected chi connectivity index (χ1v) is 9.15. The molecule has 130 valence electrons. The fraction of sp³-hybridized carbons (Fsp3) is 0.471. The lowest BCUT2D eigenvalue weighted by atomic mass is 10.2. The van der Waals surface area contributed by atoms with Crippen LogP contribution in [0.3, 0.4) is 0 Å². The van der Waals surface area contributed by atoms with Crippen LogP contribution in [0.15, 0.2) is 23.0 Å². The zero-order valence-corrected chi connectivity index (χ0v) is 15.8. The number of ether oxygens (including phenoxy) is 1. The summed E-state index contributed by atoms with van der Waals surface area (Å²) in [6.45, 7) is 2.98. The fourth-order valence-electron chi connectivity index (χ4n) is 2.42. The van der Waals surface area contributed by atoms with Crippen molar-refractivity contribution >= 4 is 39.5 Å². The lowest BCUT2D eigenvalue weighted by molar-refractivity contribution is -0.137. The molecule has 0 fully saturated rings. The smallest absolute Gasteiger partial charge is 0.303 e. The minimum absolute atomic E-state index is 0.0822. The van der Waals surface area contributed by atoms with Gasteiger partial charge in [-0.05, 0) is 66.5 Å². The molecule has 6 nitrogen and oxygen atoms in total. The minimum atomic E-state index is -0.779. The highest BCUT2D eigenvalue weighted by atomic mass is 127. The molecule has 2 rings (SSSR count). The summed E-state index contributed by atoms with van der Waals surface area (Å²) in [5, 5.41) is 9.22. The summed E-state index contributed by atoms with van der Waals surface area (Å²) in [5.41, 5.74) is 0.551. The van der Waals surface area contributed by atoms with Gasteiger partial charge in [0.05, 0.1) is 17.5 Å². The van der Waals surface area contributed by atoms with Gasteiger partial charge >= 0.3 is 5.97 Å². The summed E-state index contributed by atoms with van der Waals surface area (Å²) in [5.74, 6) is -0.779. The van der Waals surface area contributed by atoms with Crippen molar-refractivity contribution in [2.24, 2.45) is 0 Å². The van der Waals surface area contributed by atoms with Crippen molar-refractivity contribution in [3.8, 4) is 6.01 Å². The molecule has 7 heteroatoms. The number of rotatable bonds is 9. The van der Waals surface area contributed by atoms with E-state index in [2.05, 4.69) is 27.6 Å². The van der Waals surface area contributed by atoms with Crippen LogP contribution in [0.1, 0.15) is 39.0 Å². The molecule has 0 amide bonds. The van der Waals surface area contributed by atoms with E-state index in [9.17, 15) is 9.59 Å². The van der Waals surface area contributed by atoms with Crippen LogP contribution in [0.5, 0.6) is 6.01 Å². The van der Waals surface area contributed by atoms with Gasteiger partial charge in [0.25, 0.3) is 11.6 Å². The van der Waals surface area contributed by atoms with Gasteiger partial charge in [-0.3, -0.25) is 14.2 Å². The monoisotopic (exact) mass is 444 g/mol. The maximum atomic E-state index is 12.7. The Balaban J connectivity index is 2.13. The average Bonchev–Trinajstić information content (AvgIpc) is 2.54. The average molecular weight is 444 g/mol. The second kappa shape index (κ2) is 9.00. The Morgan fingerprint density at radius 2 is 2.12 bits per heavy atom. The van der Waals surface area contributed by atoms with Gasteiger partial charge in [0, 0.05) is 16.5 Å². The zero-order valence-electron chi connectivity index (χ0n) is 13.6. The number of hydrogen-bond acceptors (Lipinski definition) is 4. The van der Waals surface area contributed by atoms with Crippen molar-refractivity contribution in [1.82, 2.24) is 9.55 Å². The van der Waals surface area contributed by atoms with Crippen molar-refractivity contribution in [1.29, 1.82) is 0 Å². The third-order valence-electron chi connectivity index (χ3n) is 3.59. The number of hydrogen-bond donors (Lipinski definition) is 1. The van der Waals surface area contributed by atoms with Crippen molar-refractivity contribution in [3.63, 3.8) is 0 Å². The predicted octanol–water partition coefficient (Wildman–Crippen LogP) is 3.43. The molecule has 0 radical (unpaired) electrons. The molecule has 24 heavy (non-hydrogen) atoms. The number of fused-ring (bicyclic) bond motifs is 1. The lowest BCUT2D eigenvalue weighted by Gasteiger charge is -2.13. The van der Waals surface area contributed by atoms with Gasteiger partial charge in [0.15, 0.2) is 0 Å². The first-order chi connectivity index (χ1) is 11.5. The zero-order chi connectivity index (χ0) is 17.5. The third-order valence-corrected chi connectivity index (χ3v) is 4.27. The van der Waals surface area contributed by atoms with E-state index in [1.54, 1.807) is 4.57 Å². The van der Waals surface area contributed by atoms with E-state index < -0.39 is 5.97 Å². The summed E-state index contributed by atoms with van der Waals surface area (Å²) in [6, 6.07) is 5.92. The van der Waals surface area contributed by atoms with Gasteiger partial charge in [-0.2, -0.15) is 4.98 Å². The summed E-state index contributed by atoms with van der Waals surface area (Å²) in [4.78, 5) is 27.6. The summed E-state index contributed by atoms with van der Waals surface area (Å²) >= 11 is 2.18. The van der Waals surface area contributed by atoms with Gasteiger partial charge in [-0.25, -0.2) is 0 Å². The number of halogens is 1. The molecule has 1 heterocycles. The van der Waals surface area contributed by atoms with Gasteiger partial charge in [-0.1, -0.05) is 6.92 Å². The topological polar surface area (TPSA) is 81.4 Å². The molecule has 0 unspecified atom stereocenters. The van der Waals surface area contributed by atoms with Gasteiger partial charge in [0.1, 0.15) is 0 Å². The number of aromatic nitrogens is 2. The van der Waals surface area contributed by atoms with E-state index in [0.29, 0.717) is 36.5 Å². The van der Waals surface area contributed by atoms with Crippen LogP contribution in [0.25, 0.3) is 10.9 Å². The molecule has 0 saturated carbocycles. The number of aliphatic carboxylic acids is 1. The van der Waals surface area contributed by atoms with Crippen molar-refractivity contribution in [2.45, 2.75) is 45.6 Å². The highest BCUT2D eigenvalue weighted by Gasteiger charge is 2.12. The van der Waals surface area contributed by atoms with Crippen LogP contribution in [0, 0.1) is 3.57 Å². The van der Waals surface area contributed by atoms with Crippen LogP contribution < -0.4 is 10.3 Å². The van der Waals surface area contributed by atoms with Crippen molar-refractivity contribution in [3.05, 3.63) is 32.1 Å². The molecule has 0 aliphatic carbocycles. The van der Waals surface area contributed by atoms with E-state index in [1.165, 1.54) is 0 Å². The van der Waals surface area contributed by atoms with Crippen LogP contribution in [-0.4, -0.2) is 27.2 Å². The number of unbranched alkanes of at least 4 members (excludes halogenated alkanes) is 2. The highest BCUT2D eigenvalue weighted by Crippen LogP contribution is 2.17. The predicted molar refractivity (Wildman–Crippen MR) is 101 cm³/mol. The molecule has 0 saturated heterocycles. The number of nitrogens with zero attached hydrogens (tertiary/aromatic N) is 2. The van der Waals surface area contributed by atoms with E-state index in [1.807, 2.05) is 25.1 Å².